The summed E-state index contributed by atoms with van der Waals surface area (Å²) in [7, 11) is 0. The molecule has 0 radical (unpaired) electrons. The van der Waals surface area contributed by atoms with Crippen LogP contribution in [0.3, 0.4) is 0 Å². The Kier molecular flexibility index (Phi) is 3.82. The number of aryl methyl sites for hydroxylation is 1. The normalized spacial score (nSPS) is 10.2. The number of carboxylic acids is 1. The summed E-state index contributed by atoms with van der Waals surface area (Å²) in [6, 6.07) is 11.8. The van der Waals surface area contributed by atoms with E-state index in [4.69, 9.17) is 14.9 Å². The highest BCUT2D eigenvalue weighted by Gasteiger charge is 2.07. The van der Waals surface area contributed by atoms with Crippen molar-refractivity contribution in [3.8, 4) is 11.5 Å². The number of carboxylic acid groups (broad SMARTS) is 1. The molecule has 19 heavy (non-hydrogen) atoms. The molecule has 0 heterocycles. The number of aromatic carboxylic acids is 1. The predicted octanol–water partition coefficient (Wildman–Crippen LogP) is 2.98. The number of ether oxygens (including phenoxy) is 1. The van der Waals surface area contributed by atoms with Gasteiger partial charge >= 0.3 is 5.97 Å². The first kappa shape index (κ1) is 13.1. The van der Waals surface area contributed by atoms with E-state index in [0.717, 1.165) is 11.1 Å². The Morgan fingerprint density at radius 3 is 2.63 bits per heavy atom. The fourth-order valence-electron chi connectivity index (χ4n) is 1.73. The fourth-order valence-corrected chi connectivity index (χ4v) is 1.73. The van der Waals surface area contributed by atoms with Gasteiger partial charge in [-0.3, -0.25) is 0 Å². The zero-order chi connectivity index (χ0) is 13.8. The lowest BCUT2D eigenvalue weighted by Gasteiger charge is -2.10. The smallest absolute Gasteiger partial charge is 0.335 e. The Bertz CT molecular complexity index is 605. The average Bonchev–Trinajstić information content (AvgIpc) is 2.41. The molecule has 0 aliphatic carbocycles. The highest BCUT2D eigenvalue weighted by Crippen LogP contribution is 2.26. The minimum absolute atomic E-state index is 0.0475. The lowest BCUT2D eigenvalue weighted by molar-refractivity contribution is 0.0697. The van der Waals surface area contributed by atoms with Gasteiger partial charge in [-0.2, -0.15) is 0 Å². The highest BCUT2D eigenvalue weighted by atomic mass is 16.5. The summed E-state index contributed by atoms with van der Waals surface area (Å²) >= 11 is 0. The van der Waals surface area contributed by atoms with Gasteiger partial charge in [0.2, 0.25) is 0 Å². The van der Waals surface area contributed by atoms with Gasteiger partial charge in [0.25, 0.3) is 0 Å². The molecule has 2 aromatic carbocycles. The number of aliphatic hydroxyl groups is 1. The molecule has 0 spiro atoms. The maximum absolute atomic E-state index is 10.8. The molecule has 0 saturated heterocycles. The second kappa shape index (κ2) is 5.54. The molecule has 0 unspecified atom stereocenters. The van der Waals surface area contributed by atoms with Crippen LogP contribution in [-0.4, -0.2) is 16.2 Å². The van der Waals surface area contributed by atoms with E-state index < -0.39 is 5.97 Å². The van der Waals surface area contributed by atoms with Crippen molar-refractivity contribution in [3.63, 3.8) is 0 Å². The molecular weight excluding hydrogens is 244 g/mol. The van der Waals surface area contributed by atoms with Crippen LogP contribution in [0.25, 0.3) is 0 Å². The Labute approximate surface area is 110 Å². The quantitative estimate of drug-likeness (QED) is 0.884. The number of aliphatic hydroxyl groups excluding tert-OH is 1. The summed E-state index contributed by atoms with van der Waals surface area (Å²) < 4.78 is 5.68. The van der Waals surface area contributed by atoms with Crippen LogP contribution in [0.1, 0.15) is 21.5 Å². The second-order valence-electron chi connectivity index (χ2n) is 4.19. The molecule has 98 valence electrons. The predicted molar refractivity (Wildman–Crippen MR) is 70.6 cm³/mol. The zero-order valence-corrected chi connectivity index (χ0v) is 10.5. The summed E-state index contributed by atoms with van der Waals surface area (Å²) in [6.45, 7) is 1.74. The van der Waals surface area contributed by atoms with Crippen molar-refractivity contribution in [2.75, 3.05) is 0 Å². The third kappa shape index (κ3) is 3.11. The topological polar surface area (TPSA) is 66.8 Å². The molecule has 0 bridgehead atoms. The number of hydrogen-bond donors (Lipinski definition) is 2. The molecule has 4 nitrogen and oxygen atoms in total. The number of carbonyl (C=O) groups is 1. The summed E-state index contributed by atoms with van der Waals surface area (Å²) in [5.74, 6) is 0.245. The first-order valence-corrected chi connectivity index (χ1v) is 5.82. The van der Waals surface area contributed by atoms with Crippen LogP contribution in [0.2, 0.25) is 0 Å². The third-order valence-electron chi connectivity index (χ3n) is 2.73. The second-order valence-corrected chi connectivity index (χ2v) is 4.19. The van der Waals surface area contributed by atoms with Crippen molar-refractivity contribution in [3.05, 3.63) is 59.2 Å². The van der Waals surface area contributed by atoms with Crippen LogP contribution in [0, 0.1) is 6.92 Å². The van der Waals surface area contributed by atoms with Crippen LogP contribution >= 0.6 is 0 Å². The lowest BCUT2D eigenvalue weighted by atomic mass is 10.1. The zero-order valence-electron chi connectivity index (χ0n) is 10.5. The number of benzene rings is 2. The van der Waals surface area contributed by atoms with Crippen LogP contribution < -0.4 is 4.74 Å². The van der Waals surface area contributed by atoms with Gasteiger partial charge < -0.3 is 14.9 Å². The van der Waals surface area contributed by atoms with Gasteiger partial charge in [0, 0.05) is 0 Å². The van der Waals surface area contributed by atoms with Crippen molar-refractivity contribution in [2.24, 2.45) is 0 Å². The summed E-state index contributed by atoms with van der Waals surface area (Å²) in [6.07, 6.45) is 0. The molecule has 0 aliphatic heterocycles. The van der Waals surface area contributed by atoms with Gasteiger partial charge in [0.1, 0.15) is 11.5 Å². The Hall–Kier alpha value is -2.33. The van der Waals surface area contributed by atoms with E-state index in [9.17, 15) is 4.79 Å². The van der Waals surface area contributed by atoms with Crippen LogP contribution in [0.15, 0.2) is 42.5 Å². The maximum atomic E-state index is 10.8. The SMILES string of the molecule is Cc1cc(C(=O)O)ccc1Oc1cccc(CO)c1. The van der Waals surface area contributed by atoms with Crippen LogP contribution in [-0.2, 0) is 6.61 Å². The van der Waals surface area contributed by atoms with Gasteiger partial charge in [0.05, 0.1) is 12.2 Å². The van der Waals surface area contributed by atoms with Crippen molar-refractivity contribution in [1.82, 2.24) is 0 Å². The van der Waals surface area contributed by atoms with Gasteiger partial charge in [-0.1, -0.05) is 12.1 Å². The van der Waals surface area contributed by atoms with E-state index in [-0.39, 0.29) is 12.2 Å². The van der Waals surface area contributed by atoms with E-state index in [1.165, 1.54) is 6.07 Å². The minimum atomic E-state index is -0.961. The van der Waals surface area contributed by atoms with Crippen molar-refractivity contribution < 1.29 is 19.7 Å². The van der Waals surface area contributed by atoms with E-state index >= 15 is 0 Å². The summed E-state index contributed by atoms with van der Waals surface area (Å²) in [5, 5.41) is 17.9. The standard InChI is InChI=1S/C15H14O4/c1-10-7-12(15(17)18)5-6-14(10)19-13-4-2-3-11(8-13)9-16/h2-8,16H,9H2,1H3,(H,17,18). The molecule has 0 fully saturated rings. The van der Waals surface area contributed by atoms with Gasteiger partial charge in [0.15, 0.2) is 0 Å². The molecule has 0 aliphatic rings. The molecular formula is C15H14O4. The van der Waals surface area contributed by atoms with Crippen LogP contribution in [0.4, 0.5) is 0 Å². The number of rotatable bonds is 4. The third-order valence-corrected chi connectivity index (χ3v) is 2.73. The molecule has 2 aromatic rings. The van der Waals surface area contributed by atoms with Crippen LogP contribution in [0.5, 0.6) is 11.5 Å². The van der Waals surface area contributed by atoms with E-state index in [0.29, 0.717) is 11.5 Å². The molecule has 0 amide bonds. The first-order chi connectivity index (χ1) is 9.10. The molecule has 4 heteroatoms. The largest absolute Gasteiger partial charge is 0.478 e. The Balaban J connectivity index is 2.25. The summed E-state index contributed by atoms with van der Waals surface area (Å²) in [5.41, 5.74) is 1.74. The minimum Gasteiger partial charge on any atom is -0.478 e. The molecule has 0 aromatic heterocycles. The molecule has 0 saturated carbocycles. The van der Waals surface area contributed by atoms with Crippen molar-refractivity contribution >= 4 is 5.97 Å². The fraction of sp³-hybridized carbons (Fsp3) is 0.133. The van der Waals surface area contributed by atoms with Gasteiger partial charge in [-0.05, 0) is 48.4 Å². The van der Waals surface area contributed by atoms with Crippen molar-refractivity contribution in [1.29, 1.82) is 0 Å². The average molecular weight is 258 g/mol. The number of hydrogen-bond acceptors (Lipinski definition) is 3. The van der Waals surface area contributed by atoms with E-state index in [2.05, 4.69) is 0 Å². The monoisotopic (exact) mass is 258 g/mol. The molecule has 2 rings (SSSR count). The highest BCUT2D eigenvalue weighted by molar-refractivity contribution is 5.88. The van der Waals surface area contributed by atoms with E-state index in [1.54, 1.807) is 43.3 Å². The maximum Gasteiger partial charge on any atom is 0.335 e. The Morgan fingerprint density at radius 2 is 2.00 bits per heavy atom. The first-order valence-electron chi connectivity index (χ1n) is 5.82. The summed E-state index contributed by atoms with van der Waals surface area (Å²) in [4.78, 5) is 10.8. The Morgan fingerprint density at radius 1 is 1.21 bits per heavy atom. The van der Waals surface area contributed by atoms with Gasteiger partial charge in [-0.25, -0.2) is 4.79 Å². The molecule has 0 atom stereocenters. The van der Waals surface area contributed by atoms with Gasteiger partial charge in [-0.15, -0.1) is 0 Å². The van der Waals surface area contributed by atoms with E-state index in [1.807, 2.05) is 0 Å². The van der Waals surface area contributed by atoms with Crippen molar-refractivity contribution in [2.45, 2.75) is 13.5 Å². The molecule has 2 N–H and O–H groups in total. The lowest BCUT2D eigenvalue weighted by Crippen LogP contribution is -1.97.